The molecule has 2 N–H and O–H groups in total. The molecule has 1 aromatic heterocycles. The summed E-state index contributed by atoms with van der Waals surface area (Å²) in [6.07, 6.45) is 2.17. The lowest BCUT2D eigenvalue weighted by atomic mass is 10.2. The van der Waals surface area contributed by atoms with Crippen molar-refractivity contribution in [1.29, 1.82) is 0 Å². The number of hydrogen-bond acceptors (Lipinski definition) is 6. The average molecular weight is 482 g/mol. The fourth-order valence-electron chi connectivity index (χ4n) is 4.63. The predicted molar refractivity (Wildman–Crippen MR) is 142 cm³/mol. The maximum absolute atomic E-state index is 6.29. The van der Waals surface area contributed by atoms with E-state index in [9.17, 15) is 0 Å². The van der Waals surface area contributed by atoms with E-state index in [1.165, 1.54) is 21.1 Å². The van der Waals surface area contributed by atoms with Gasteiger partial charge in [-0.05, 0) is 55.8 Å². The third kappa shape index (κ3) is 5.14. The third-order valence-corrected chi connectivity index (χ3v) is 8.01. The van der Waals surface area contributed by atoms with Crippen LogP contribution in [0.5, 0.6) is 0 Å². The van der Waals surface area contributed by atoms with Gasteiger partial charge in [-0.3, -0.25) is 9.91 Å². The summed E-state index contributed by atoms with van der Waals surface area (Å²) in [6, 6.07) is 19.2. The van der Waals surface area contributed by atoms with Crippen LogP contribution < -0.4 is 20.7 Å². The van der Waals surface area contributed by atoms with Gasteiger partial charge >= 0.3 is 0 Å². The van der Waals surface area contributed by atoms with Gasteiger partial charge in [0.25, 0.3) is 0 Å². The van der Waals surface area contributed by atoms with Crippen LogP contribution in [0, 0.1) is 0 Å². The van der Waals surface area contributed by atoms with Gasteiger partial charge in [-0.1, -0.05) is 36.7 Å². The second kappa shape index (κ2) is 10.3. The van der Waals surface area contributed by atoms with E-state index >= 15 is 0 Å². The molecule has 1 saturated heterocycles. The summed E-state index contributed by atoms with van der Waals surface area (Å²) in [5.41, 5.74) is 8.62. The highest BCUT2D eigenvalue weighted by atomic mass is 35.5. The first-order chi connectivity index (χ1) is 16.2. The Bertz CT molecular complexity index is 1060. The normalized spacial score (nSPS) is 16.2. The Labute approximate surface area is 205 Å². The highest BCUT2D eigenvalue weighted by Gasteiger charge is 2.23. The van der Waals surface area contributed by atoms with E-state index in [0.717, 1.165) is 75.1 Å². The summed E-state index contributed by atoms with van der Waals surface area (Å²) in [5.74, 6) is 0. The Balaban J connectivity index is 1.19. The van der Waals surface area contributed by atoms with Crippen molar-refractivity contribution in [3.63, 3.8) is 0 Å². The largest absolute Gasteiger partial charge is 0.379 e. The number of rotatable bonds is 7. The molecule has 0 unspecified atom stereocenters. The molecule has 5 rings (SSSR count). The van der Waals surface area contributed by atoms with Gasteiger partial charge < -0.3 is 10.2 Å². The lowest BCUT2D eigenvalue weighted by Crippen LogP contribution is -2.47. The summed E-state index contributed by atoms with van der Waals surface area (Å²) in [5, 5.41) is 7.90. The topological polar surface area (TPSA) is 33.8 Å². The lowest BCUT2D eigenvalue weighted by molar-refractivity contribution is 0.254. The molecule has 7 heteroatoms. The van der Waals surface area contributed by atoms with E-state index in [2.05, 4.69) is 74.9 Å². The van der Waals surface area contributed by atoms with Gasteiger partial charge in [0.2, 0.25) is 0 Å². The fourth-order valence-corrected chi connectivity index (χ4v) is 5.91. The van der Waals surface area contributed by atoms with Gasteiger partial charge in [0, 0.05) is 60.4 Å². The summed E-state index contributed by atoms with van der Waals surface area (Å²) < 4.78 is 0. The number of fused-ring (bicyclic) bond motifs is 2. The molecule has 0 spiro atoms. The van der Waals surface area contributed by atoms with E-state index in [4.69, 9.17) is 11.6 Å². The second-order valence-corrected chi connectivity index (χ2v) is 10.2. The molecule has 3 aromatic rings. The summed E-state index contributed by atoms with van der Waals surface area (Å²) in [4.78, 5) is 6.50. The maximum atomic E-state index is 6.29. The van der Waals surface area contributed by atoms with Gasteiger partial charge in [-0.25, -0.2) is 5.43 Å². The minimum atomic E-state index is 0.760. The van der Waals surface area contributed by atoms with Crippen molar-refractivity contribution < 1.29 is 0 Å². The van der Waals surface area contributed by atoms with Gasteiger partial charge in [-0.15, -0.1) is 11.3 Å². The molecule has 0 aliphatic carbocycles. The van der Waals surface area contributed by atoms with Crippen LogP contribution in [0.2, 0.25) is 5.02 Å². The van der Waals surface area contributed by atoms with E-state index in [0.29, 0.717) is 0 Å². The number of halogens is 1. The quantitative estimate of drug-likeness (QED) is 0.420. The van der Waals surface area contributed by atoms with Crippen LogP contribution in [0.3, 0.4) is 0 Å². The van der Waals surface area contributed by atoms with Crippen molar-refractivity contribution >= 4 is 45.0 Å². The molecule has 2 aromatic carbocycles. The Morgan fingerprint density at radius 3 is 2.64 bits per heavy atom. The zero-order valence-corrected chi connectivity index (χ0v) is 20.8. The van der Waals surface area contributed by atoms with Gasteiger partial charge in [0.15, 0.2) is 0 Å². The highest BCUT2D eigenvalue weighted by Crippen LogP contribution is 2.42. The van der Waals surface area contributed by atoms with Gasteiger partial charge in [0.1, 0.15) is 5.00 Å². The molecule has 2 aliphatic heterocycles. The molecule has 5 nitrogen and oxygen atoms in total. The van der Waals surface area contributed by atoms with E-state index in [1.807, 2.05) is 23.5 Å². The van der Waals surface area contributed by atoms with Crippen molar-refractivity contribution in [2.24, 2.45) is 0 Å². The molecule has 0 saturated carbocycles. The van der Waals surface area contributed by atoms with Crippen LogP contribution in [0.1, 0.15) is 23.8 Å². The van der Waals surface area contributed by atoms with Crippen LogP contribution in [-0.4, -0.2) is 44.2 Å². The molecule has 0 radical (unpaired) electrons. The van der Waals surface area contributed by atoms with E-state index in [-0.39, 0.29) is 0 Å². The van der Waals surface area contributed by atoms with Crippen molar-refractivity contribution in [1.82, 2.24) is 10.3 Å². The van der Waals surface area contributed by atoms with Crippen molar-refractivity contribution in [2.75, 3.05) is 54.5 Å². The zero-order chi connectivity index (χ0) is 22.6. The predicted octanol–water partition coefficient (Wildman–Crippen LogP) is 5.74. The molecule has 3 heterocycles. The first-order valence-electron chi connectivity index (χ1n) is 11.9. The molecule has 174 valence electrons. The molecular weight excluding hydrogens is 450 g/mol. The standard InChI is InChI=1S/C26H32ClN5S/c1-2-23-17-20-19-28-24-18-21(27)9-10-25(24)32(26(20)33-23)29-11-6-12-30-13-15-31(16-14-30)22-7-4-3-5-8-22/h3-5,7-10,17-18,28-29H,2,6,11-16,19H2,1H3. The van der Waals surface area contributed by atoms with E-state index < -0.39 is 0 Å². The van der Waals surface area contributed by atoms with E-state index in [1.54, 1.807) is 0 Å². The number of nitrogens with zero attached hydrogens (tertiary/aromatic N) is 3. The molecule has 1 fully saturated rings. The molecular formula is C26H32ClN5S. The Kier molecular flexibility index (Phi) is 7.07. The van der Waals surface area contributed by atoms with Crippen LogP contribution in [0.25, 0.3) is 0 Å². The molecule has 2 aliphatic rings. The van der Waals surface area contributed by atoms with Crippen molar-refractivity contribution in [3.05, 3.63) is 70.1 Å². The third-order valence-electron chi connectivity index (χ3n) is 6.47. The number of anilines is 4. The lowest BCUT2D eigenvalue weighted by Gasteiger charge is -2.36. The second-order valence-electron chi connectivity index (χ2n) is 8.67. The molecule has 0 amide bonds. The van der Waals surface area contributed by atoms with Crippen LogP contribution >= 0.6 is 22.9 Å². The number of aryl methyl sites for hydroxylation is 1. The number of benzene rings is 2. The Morgan fingerprint density at radius 2 is 1.85 bits per heavy atom. The van der Waals surface area contributed by atoms with Crippen molar-refractivity contribution in [3.8, 4) is 0 Å². The maximum Gasteiger partial charge on any atom is 0.116 e. The number of para-hydroxylation sites is 1. The number of piperazine rings is 1. The first kappa shape index (κ1) is 22.5. The van der Waals surface area contributed by atoms with Crippen LogP contribution in [-0.2, 0) is 13.0 Å². The summed E-state index contributed by atoms with van der Waals surface area (Å²) in [7, 11) is 0. The average Bonchev–Trinajstić information content (AvgIpc) is 3.21. The first-order valence-corrected chi connectivity index (χ1v) is 13.1. The highest BCUT2D eigenvalue weighted by molar-refractivity contribution is 7.16. The number of hydrazine groups is 1. The van der Waals surface area contributed by atoms with Gasteiger partial charge in [0.05, 0.1) is 11.4 Å². The minimum absolute atomic E-state index is 0.760. The number of thiophene rings is 1. The van der Waals surface area contributed by atoms with Crippen molar-refractivity contribution in [2.45, 2.75) is 26.3 Å². The van der Waals surface area contributed by atoms with Crippen LogP contribution in [0.15, 0.2) is 54.6 Å². The summed E-state index contributed by atoms with van der Waals surface area (Å²) in [6.45, 7) is 9.54. The number of hydrogen-bond donors (Lipinski definition) is 2. The molecule has 33 heavy (non-hydrogen) atoms. The summed E-state index contributed by atoms with van der Waals surface area (Å²) >= 11 is 8.17. The molecule has 0 bridgehead atoms. The zero-order valence-electron chi connectivity index (χ0n) is 19.2. The number of nitrogens with one attached hydrogen (secondary N) is 2. The fraction of sp³-hybridized carbons (Fsp3) is 0.385. The monoisotopic (exact) mass is 481 g/mol. The van der Waals surface area contributed by atoms with Crippen LogP contribution in [0.4, 0.5) is 22.1 Å². The van der Waals surface area contributed by atoms with Gasteiger partial charge in [-0.2, -0.15) is 0 Å². The SMILES string of the molecule is CCc1cc2c(s1)N(NCCCN1CCN(c3ccccc3)CC1)c1ccc(Cl)cc1NC2. The minimum Gasteiger partial charge on any atom is -0.379 e. The Hall–Kier alpha value is -2.25. The Morgan fingerprint density at radius 1 is 1.03 bits per heavy atom. The smallest absolute Gasteiger partial charge is 0.116 e. The molecule has 0 atom stereocenters.